The molecule has 8 heteroatoms. The van der Waals surface area contributed by atoms with E-state index >= 15 is 0 Å². The maximum atomic E-state index is 14.7. The molecule has 0 spiro atoms. The lowest BCUT2D eigenvalue weighted by atomic mass is 10.1. The van der Waals surface area contributed by atoms with Crippen molar-refractivity contribution < 1.29 is 18.7 Å². The quantitative estimate of drug-likeness (QED) is 0.311. The lowest BCUT2D eigenvalue weighted by Crippen LogP contribution is -2.25. The number of carbonyl (C=O) groups is 2. The molecule has 0 saturated heterocycles. The zero-order chi connectivity index (χ0) is 23.7. The van der Waals surface area contributed by atoms with Crippen molar-refractivity contribution in [2.75, 3.05) is 5.32 Å². The van der Waals surface area contributed by atoms with E-state index in [2.05, 4.69) is 10.6 Å². The molecule has 4 aromatic rings. The summed E-state index contributed by atoms with van der Waals surface area (Å²) in [5.41, 5.74) is 1.18. The molecule has 1 heterocycles. The van der Waals surface area contributed by atoms with Gasteiger partial charge < -0.3 is 15.4 Å². The molecule has 172 valence electrons. The van der Waals surface area contributed by atoms with Crippen LogP contribution in [0.3, 0.4) is 0 Å². The molecule has 2 amide bonds. The summed E-state index contributed by atoms with van der Waals surface area (Å²) in [6, 6.07) is 18.8. The first-order chi connectivity index (χ1) is 16.5. The first kappa shape index (κ1) is 22.4. The number of carbonyl (C=O) groups excluding carboxylic acids is 2. The summed E-state index contributed by atoms with van der Waals surface area (Å²) in [6.45, 7) is 0.0311. The van der Waals surface area contributed by atoms with Crippen molar-refractivity contribution in [3.63, 3.8) is 0 Å². The van der Waals surface area contributed by atoms with Gasteiger partial charge in [0.1, 0.15) is 23.1 Å². The molecule has 1 aliphatic carbocycles. The fourth-order valence-corrected chi connectivity index (χ4v) is 4.94. The van der Waals surface area contributed by atoms with Gasteiger partial charge in [0.05, 0.1) is 10.6 Å². The van der Waals surface area contributed by atoms with E-state index in [1.807, 2.05) is 18.2 Å². The molecule has 5 rings (SSSR count). The molecule has 3 aromatic carbocycles. The minimum Gasteiger partial charge on any atom is -0.489 e. The van der Waals surface area contributed by atoms with Crippen molar-refractivity contribution in [2.24, 2.45) is 0 Å². The highest BCUT2D eigenvalue weighted by molar-refractivity contribution is 7.21. The van der Waals surface area contributed by atoms with Crippen LogP contribution in [-0.2, 0) is 6.61 Å². The van der Waals surface area contributed by atoms with Crippen molar-refractivity contribution >= 4 is 50.5 Å². The van der Waals surface area contributed by atoms with Crippen LogP contribution in [0.1, 0.15) is 38.4 Å². The Balaban J connectivity index is 1.44. The number of benzene rings is 3. The summed E-state index contributed by atoms with van der Waals surface area (Å²) in [5.74, 6) is -0.480. The second-order valence-corrected chi connectivity index (χ2v) is 9.48. The Hall–Kier alpha value is -3.42. The first-order valence-electron chi connectivity index (χ1n) is 10.8. The number of halogens is 2. The van der Waals surface area contributed by atoms with Gasteiger partial charge in [-0.2, -0.15) is 0 Å². The van der Waals surface area contributed by atoms with Gasteiger partial charge in [-0.25, -0.2) is 4.39 Å². The number of amides is 2. The normalized spacial score (nSPS) is 13.0. The molecule has 34 heavy (non-hydrogen) atoms. The van der Waals surface area contributed by atoms with E-state index in [1.165, 1.54) is 17.4 Å². The number of nitrogens with one attached hydrogen (secondary N) is 2. The highest BCUT2D eigenvalue weighted by Crippen LogP contribution is 2.35. The number of anilines is 1. The molecule has 0 bridgehead atoms. The van der Waals surface area contributed by atoms with Crippen LogP contribution in [0.25, 0.3) is 10.1 Å². The van der Waals surface area contributed by atoms with Gasteiger partial charge >= 0.3 is 0 Å². The van der Waals surface area contributed by atoms with E-state index in [0.717, 1.165) is 12.8 Å². The van der Waals surface area contributed by atoms with Gasteiger partial charge in [-0.1, -0.05) is 35.9 Å². The molecule has 2 N–H and O–H groups in total. The Morgan fingerprint density at radius 3 is 2.59 bits per heavy atom. The SMILES string of the molecule is O=C(NC1CC1)c1cc(NC(=O)c2sc3cccc(F)c3c2COc2ccccc2)ccc1Cl. The van der Waals surface area contributed by atoms with Crippen molar-refractivity contribution in [1.29, 1.82) is 0 Å². The molecule has 0 aliphatic heterocycles. The second-order valence-electron chi connectivity index (χ2n) is 8.02. The molecule has 1 aliphatic rings. The molecule has 0 radical (unpaired) electrons. The van der Waals surface area contributed by atoms with Crippen LogP contribution in [0.15, 0.2) is 66.7 Å². The Morgan fingerprint density at radius 2 is 1.82 bits per heavy atom. The number of rotatable bonds is 7. The van der Waals surface area contributed by atoms with E-state index in [-0.39, 0.29) is 18.6 Å². The average molecular weight is 495 g/mol. The molecule has 1 fully saturated rings. The maximum absolute atomic E-state index is 14.7. The van der Waals surface area contributed by atoms with Crippen LogP contribution in [0, 0.1) is 5.82 Å². The first-order valence-corrected chi connectivity index (χ1v) is 12.0. The van der Waals surface area contributed by atoms with Gasteiger partial charge in [0.25, 0.3) is 11.8 Å². The van der Waals surface area contributed by atoms with Crippen LogP contribution < -0.4 is 15.4 Å². The zero-order valence-electron chi connectivity index (χ0n) is 17.9. The Kier molecular flexibility index (Phi) is 6.22. The lowest BCUT2D eigenvalue weighted by Gasteiger charge is -2.11. The third-order valence-electron chi connectivity index (χ3n) is 5.48. The van der Waals surface area contributed by atoms with Crippen molar-refractivity contribution in [3.05, 3.63) is 93.6 Å². The van der Waals surface area contributed by atoms with Crippen LogP contribution in [0.4, 0.5) is 10.1 Å². The van der Waals surface area contributed by atoms with Crippen molar-refractivity contribution in [2.45, 2.75) is 25.5 Å². The van der Waals surface area contributed by atoms with Gasteiger partial charge in [-0.3, -0.25) is 9.59 Å². The predicted molar refractivity (Wildman–Crippen MR) is 132 cm³/mol. The lowest BCUT2D eigenvalue weighted by molar-refractivity contribution is 0.0950. The molecular formula is C26H20ClFN2O3S. The smallest absolute Gasteiger partial charge is 0.266 e. The summed E-state index contributed by atoms with van der Waals surface area (Å²) < 4.78 is 21.2. The van der Waals surface area contributed by atoms with Gasteiger partial charge in [0.2, 0.25) is 0 Å². The van der Waals surface area contributed by atoms with Crippen LogP contribution in [-0.4, -0.2) is 17.9 Å². The third kappa shape index (κ3) is 4.76. The molecular weight excluding hydrogens is 475 g/mol. The summed E-state index contributed by atoms with van der Waals surface area (Å²) in [7, 11) is 0. The van der Waals surface area contributed by atoms with Crippen molar-refractivity contribution in [1.82, 2.24) is 5.32 Å². The summed E-state index contributed by atoms with van der Waals surface area (Å²) >= 11 is 7.41. The molecule has 0 atom stereocenters. The third-order valence-corrected chi connectivity index (χ3v) is 7.00. The molecule has 5 nitrogen and oxygen atoms in total. The number of fused-ring (bicyclic) bond motifs is 1. The van der Waals surface area contributed by atoms with E-state index in [4.69, 9.17) is 16.3 Å². The molecule has 1 saturated carbocycles. The molecule has 0 unspecified atom stereocenters. The van der Waals surface area contributed by atoms with E-state index in [0.29, 0.717) is 42.5 Å². The van der Waals surface area contributed by atoms with E-state index in [9.17, 15) is 14.0 Å². The number of ether oxygens (including phenoxy) is 1. The number of hydrogen-bond acceptors (Lipinski definition) is 4. The minimum absolute atomic E-state index is 0.0311. The van der Waals surface area contributed by atoms with Gasteiger partial charge in [-0.15, -0.1) is 11.3 Å². The minimum atomic E-state index is -0.414. The van der Waals surface area contributed by atoms with E-state index < -0.39 is 11.7 Å². The second kappa shape index (κ2) is 9.44. The average Bonchev–Trinajstić information content (AvgIpc) is 3.56. The summed E-state index contributed by atoms with van der Waals surface area (Å²) in [5, 5.41) is 6.39. The number of hydrogen-bond donors (Lipinski definition) is 2. The summed E-state index contributed by atoms with van der Waals surface area (Å²) in [6.07, 6.45) is 1.91. The number of para-hydroxylation sites is 1. The van der Waals surface area contributed by atoms with Crippen molar-refractivity contribution in [3.8, 4) is 5.75 Å². The topological polar surface area (TPSA) is 67.4 Å². The highest BCUT2D eigenvalue weighted by Gasteiger charge is 2.25. The fourth-order valence-electron chi connectivity index (χ4n) is 3.62. The summed E-state index contributed by atoms with van der Waals surface area (Å²) in [4.78, 5) is 26.1. The zero-order valence-corrected chi connectivity index (χ0v) is 19.5. The van der Waals surface area contributed by atoms with Gasteiger partial charge in [-0.05, 0) is 55.3 Å². The molecule has 1 aromatic heterocycles. The Labute approximate surface area is 204 Å². The largest absolute Gasteiger partial charge is 0.489 e. The van der Waals surface area contributed by atoms with Gasteiger partial charge in [0.15, 0.2) is 0 Å². The Morgan fingerprint density at radius 1 is 1.03 bits per heavy atom. The van der Waals surface area contributed by atoms with Crippen LogP contribution in [0.2, 0.25) is 5.02 Å². The number of thiophene rings is 1. The Bertz CT molecular complexity index is 1390. The van der Waals surface area contributed by atoms with E-state index in [1.54, 1.807) is 42.5 Å². The van der Waals surface area contributed by atoms with Gasteiger partial charge in [0, 0.05) is 27.4 Å². The monoisotopic (exact) mass is 494 g/mol. The fraction of sp³-hybridized carbons (Fsp3) is 0.154. The standard InChI is InChI=1S/C26H20ClFN2O3S/c27-20-12-11-16(13-18(20)25(31)29-15-9-10-15)30-26(32)24-19(14-33-17-5-2-1-3-6-17)23-21(28)7-4-8-22(23)34-24/h1-8,11-13,15H,9-10,14H2,(H,29,31)(H,30,32). The van der Waals surface area contributed by atoms with Crippen LogP contribution >= 0.6 is 22.9 Å². The van der Waals surface area contributed by atoms with Crippen LogP contribution in [0.5, 0.6) is 5.75 Å². The highest BCUT2D eigenvalue weighted by atomic mass is 35.5. The maximum Gasteiger partial charge on any atom is 0.266 e. The predicted octanol–water partition coefficient (Wildman–Crippen LogP) is 6.42.